The summed E-state index contributed by atoms with van der Waals surface area (Å²) in [5.74, 6) is 0.690. The second kappa shape index (κ2) is 12.4. The molecule has 0 radical (unpaired) electrons. The third-order valence-electron chi connectivity index (χ3n) is 10.5. The molecule has 0 fully saturated rings. The van der Waals surface area contributed by atoms with E-state index in [2.05, 4.69) is 164 Å². The minimum atomic E-state index is 0.690. The molecule has 0 N–H and O–H groups in total. The highest BCUT2D eigenvalue weighted by Gasteiger charge is 2.20. The lowest BCUT2D eigenvalue weighted by atomic mass is 9.97. The van der Waals surface area contributed by atoms with Crippen molar-refractivity contribution in [2.75, 3.05) is 0 Å². The molecule has 0 saturated carbocycles. The standard InChI is InChI=1S/C50H30N2OS/c1-3-10-31(11-4-1)33-18-20-34(21-19-33)47-49-48(41-14-7-8-17-45(41)54-49)52-50(51-47)42-15-9-16-43-46(42)40-27-26-39(30-44(40)53-43)38-25-24-36-28-35(22-23-37(36)29-38)32-12-5-2-6-13-32/h1-30H. The van der Waals surface area contributed by atoms with E-state index in [4.69, 9.17) is 14.4 Å². The van der Waals surface area contributed by atoms with Crippen molar-refractivity contribution < 1.29 is 4.42 Å². The lowest BCUT2D eigenvalue weighted by Crippen LogP contribution is -1.94. The van der Waals surface area contributed by atoms with Gasteiger partial charge in [0, 0.05) is 32.0 Å². The van der Waals surface area contributed by atoms with Crippen LogP contribution in [-0.2, 0) is 0 Å². The van der Waals surface area contributed by atoms with Crippen molar-refractivity contribution in [1.29, 1.82) is 0 Å². The van der Waals surface area contributed by atoms with Crippen LogP contribution in [0.2, 0.25) is 0 Å². The van der Waals surface area contributed by atoms with E-state index >= 15 is 0 Å². The van der Waals surface area contributed by atoms with E-state index in [9.17, 15) is 0 Å². The van der Waals surface area contributed by atoms with Crippen LogP contribution in [0.1, 0.15) is 0 Å². The fourth-order valence-corrected chi connectivity index (χ4v) is 8.94. The lowest BCUT2D eigenvalue weighted by molar-refractivity contribution is 0.669. The normalized spacial score (nSPS) is 11.7. The van der Waals surface area contributed by atoms with Gasteiger partial charge in [0.05, 0.1) is 15.9 Å². The zero-order valence-electron chi connectivity index (χ0n) is 29.0. The monoisotopic (exact) mass is 706 g/mol. The molecule has 0 aliphatic heterocycles. The molecule has 11 aromatic rings. The Morgan fingerprint density at radius 2 is 1.00 bits per heavy atom. The molecule has 54 heavy (non-hydrogen) atoms. The van der Waals surface area contributed by atoms with Crippen molar-refractivity contribution >= 4 is 64.4 Å². The highest BCUT2D eigenvalue weighted by Crippen LogP contribution is 2.42. The van der Waals surface area contributed by atoms with Gasteiger partial charge in [0.2, 0.25) is 0 Å². The molecule has 0 amide bonds. The van der Waals surface area contributed by atoms with Gasteiger partial charge in [-0.2, -0.15) is 0 Å². The number of rotatable bonds is 5. The Morgan fingerprint density at radius 1 is 0.407 bits per heavy atom. The maximum atomic E-state index is 6.59. The predicted molar refractivity (Wildman–Crippen MR) is 227 cm³/mol. The molecular formula is C50H30N2OS. The first kappa shape index (κ1) is 30.7. The van der Waals surface area contributed by atoms with Crippen LogP contribution in [0.5, 0.6) is 0 Å². The van der Waals surface area contributed by atoms with Crippen LogP contribution in [0.4, 0.5) is 0 Å². The van der Waals surface area contributed by atoms with Gasteiger partial charge in [0.25, 0.3) is 0 Å². The largest absolute Gasteiger partial charge is 0.456 e. The molecule has 0 aliphatic rings. The molecule has 3 heterocycles. The Balaban J connectivity index is 1.03. The van der Waals surface area contributed by atoms with Crippen LogP contribution in [-0.4, -0.2) is 9.97 Å². The molecule has 0 aliphatic carbocycles. The Morgan fingerprint density at radius 3 is 1.76 bits per heavy atom. The van der Waals surface area contributed by atoms with Crippen molar-refractivity contribution in [2.45, 2.75) is 0 Å². The topological polar surface area (TPSA) is 38.9 Å². The molecule has 3 aromatic heterocycles. The van der Waals surface area contributed by atoms with Gasteiger partial charge in [0.15, 0.2) is 5.82 Å². The van der Waals surface area contributed by atoms with Gasteiger partial charge in [0.1, 0.15) is 11.2 Å². The average molecular weight is 707 g/mol. The minimum absolute atomic E-state index is 0.690. The summed E-state index contributed by atoms with van der Waals surface area (Å²) in [6.07, 6.45) is 0. The van der Waals surface area contributed by atoms with Gasteiger partial charge < -0.3 is 4.42 Å². The summed E-state index contributed by atoms with van der Waals surface area (Å²) in [7, 11) is 0. The highest BCUT2D eigenvalue weighted by atomic mass is 32.1. The smallest absolute Gasteiger partial charge is 0.161 e. The summed E-state index contributed by atoms with van der Waals surface area (Å²) in [5.41, 5.74) is 12.7. The number of aromatic nitrogens is 2. The average Bonchev–Trinajstić information content (AvgIpc) is 3.82. The van der Waals surface area contributed by atoms with Gasteiger partial charge in [-0.25, -0.2) is 9.97 Å². The van der Waals surface area contributed by atoms with Gasteiger partial charge in [-0.15, -0.1) is 11.3 Å². The summed E-state index contributed by atoms with van der Waals surface area (Å²) in [5, 5.41) is 5.64. The molecule has 0 unspecified atom stereocenters. The first-order valence-corrected chi connectivity index (χ1v) is 19.0. The van der Waals surface area contributed by atoms with E-state index in [-0.39, 0.29) is 0 Å². The van der Waals surface area contributed by atoms with E-state index in [0.717, 1.165) is 65.5 Å². The van der Waals surface area contributed by atoms with Gasteiger partial charge >= 0.3 is 0 Å². The zero-order valence-corrected chi connectivity index (χ0v) is 29.8. The van der Waals surface area contributed by atoms with Crippen LogP contribution in [0.15, 0.2) is 186 Å². The first-order valence-electron chi connectivity index (χ1n) is 18.1. The molecule has 3 nitrogen and oxygen atoms in total. The molecule has 252 valence electrons. The summed E-state index contributed by atoms with van der Waals surface area (Å²) >= 11 is 1.75. The fourth-order valence-electron chi connectivity index (χ4n) is 7.79. The third kappa shape index (κ3) is 5.11. The summed E-state index contributed by atoms with van der Waals surface area (Å²) in [4.78, 5) is 10.7. The van der Waals surface area contributed by atoms with Crippen LogP contribution in [0.25, 0.3) is 109 Å². The number of benzene rings is 8. The Kier molecular flexibility index (Phi) is 7.04. The van der Waals surface area contributed by atoms with Crippen molar-refractivity contribution in [1.82, 2.24) is 9.97 Å². The zero-order chi connectivity index (χ0) is 35.6. The van der Waals surface area contributed by atoms with Crippen LogP contribution >= 0.6 is 11.3 Å². The summed E-state index contributed by atoms with van der Waals surface area (Å²) < 4.78 is 8.88. The maximum Gasteiger partial charge on any atom is 0.161 e. The number of fused-ring (bicyclic) bond motifs is 7. The summed E-state index contributed by atoms with van der Waals surface area (Å²) in [6, 6.07) is 64.4. The number of hydrogen-bond donors (Lipinski definition) is 0. The number of thiophene rings is 1. The van der Waals surface area contributed by atoms with E-state index in [1.807, 2.05) is 18.2 Å². The second-order valence-electron chi connectivity index (χ2n) is 13.7. The second-order valence-corrected chi connectivity index (χ2v) is 14.8. The molecule has 0 spiro atoms. The molecule has 0 saturated heterocycles. The highest BCUT2D eigenvalue weighted by molar-refractivity contribution is 7.26. The quantitative estimate of drug-likeness (QED) is 0.179. The molecule has 4 heteroatoms. The lowest BCUT2D eigenvalue weighted by Gasteiger charge is -2.09. The van der Waals surface area contributed by atoms with Crippen LogP contribution < -0.4 is 0 Å². The summed E-state index contributed by atoms with van der Waals surface area (Å²) in [6.45, 7) is 0. The van der Waals surface area contributed by atoms with Gasteiger partial charge in [-0.1, -0.05) is 146 Å². The Bertz CT molecular complexity index is 3200. The Hall–Kier alpha value is -6.88. The molecule has 8 aromatic carbocycles. The van der Waals surface area contributed by atoms with E-state index in [0.29, 0.717) is 5.82 Å². The van der Waals surface area contributed by atoms with Gasteiger partial charge in [-0.3, -0.25) is 0 Å². The molecular weight excluding hydrogens is 677 g/mol. The number of furan rings is 1. The van der Waals surface area contributed by atoms with Crippen molar-refractivity contribution in [3.05, 3.63) is 182 Å². The van der Waals surface area contributed by atoms with Crippen molar-refractivity contribution in [3.63, 3.8) is 0 Å². The SMILES string of the molecule is c1ccc(-c2ccc(-c3nc(-c4cccc5oc6cc(-c7ccc8cc(-c9ccccc9)ccc8c7)ccc6c45)nc4c3sc3ccccc34)cc2)cc1. The van der Waals surface area contributed by atoms with E-state index < -0.39 is 0 Å². The molecule has 0 atom stereocenters. The number of hydrogen-bond acceptors (Lipinski definition) is 4. The molecule has 11 rings (SSSR count). The third-order valence-corrected chi connectivity index (χ3v) is 11.7. The number of nitrogens with zero attached hydrogens (tertiary/aromatic N) is 2. The van der Waals surface area contributed by atoms with Crippen molar-refractivity contribution in [2.24, 2.45) is 0 Å². The van der Waals surface area contributed by atoms with Crippen LogP contribution in [0.3, 0.4) is 0 Å². The van der Waals surface area contributed by atoms with Gasteiger partial charge in [-0.05, 0) is 80.6 Å². The Labute approximate surface area is 315 Å². The maximum absolute atomic E-state index is 6.59. The minimum Gasteiger partial charge on any atom is -0.456 e. The van der Waals surface area contributed by atoms with Crippen molar-refractivity contribution in [3.8, 4) is 56.0 Å². The molecule has 0 bridgehead atoms. The van der Waals surface area contributed by atoms with E-state index in [1.165, 1.54) is 37.7 Å². The first-order chi connectivity index (χ1) is 26.7. The predicted octanol–water partition coefficient (Wildman–Crippen LogP) is 14.2. The fraction of sp³-hybridized carbons (Fsp3) is 0. The van der Waals surface area contributed by atoms with E-state index in [1.54, 1.807) is 11.3 Å². The van der Waals surface area contributed by atoms with Crippen LogP contribution in [0, 0.1) is 0 Å².